The molecule has 10 nitrogen and oxygen atoms in total. The van der Waals surface area contributed by atoms with Crippen LogP contribution in [-0.2, 0) is 11.8 Å². The molecule has 1 aliphatic carbocycles. The van der Waals surface area contributed by atoms with Crippen molar-refractivity contribution in [1.82, 2.24) is 24.4 Å². The van der Waals surface area contributed by atoms with Crippen LogP contribution in [0.4, 0.5) is 10.3 Å². The zero-order chi connectivity index (χ0) is 24.8. The largest absolute Gasteiger partial charge is 0.478 e. The molecule has 11 heteroatoms. The van der Waals surface area contributed by atoms with Crippen molar-refractivity contribution in [3.63, 3.8) is 0 Å². The van der Waals surface area contributed by atoms with E-state index >= 15 is 0 Å². The molecule has 3 heterocycles. The number of aliphatic carboxylic acids is 1. The van der Waals surface area contributed by atoms with Gasteiger partial charge >= 0.3 is 12.0 Å². The van der Waals surface area contributed by atoms with Gasteiger partial charge in [-0.2, -0.15) is 9.97 Å². The number of carboxylic acid groups (broad SMARTS) is 1. The number of nitrogens with one attached hydrogen (secondary N) is 1. The van der Waals surface area contributed by atoms with Crippen molar-refractivity contribution in [3.8, 4) is 18.0 Å². The molecule has 1 unspecified atom stereocenters. The lowest BCUT2D eigenvalue weighted by Gasteiger charge is -2.27. The highest BCUT2D eigenvalue weighted by Gasteiger charge is 2.26. The lowest BCUT2D eigenvalue weighted by atomic mass is 10.1. The van der Waals surface area contributed by atoms with Crippen LogP contribution in [0.25, 0.3) is 11.2 Å². The van der Waals surface area contributed by atoms with Crippen molar-refractivity contribution >= 4 is 23.1 Å². The molecule has 2 N–H and O–H groups in total. The number of ether oxygens (including phenoxy) is 1. The Hall–Kier alpha value is -3.65. The van der Waals surface area contributed by atoms with Crippen LogP contribution in [0.3, 0.4) is 0 Å². The summed E-state index contributed by atoms with van der Waals surface area (Å²) in [5.74, 6) is 2.10. The summed E-state index contributed by atoms with van der Waals surface area (Å²) in [6.07, 6.45) is 1.07. The van der Waals surface area contributed by atoms with Crippen LogP contribution in [-0.4, -0.2) is 62.5 Å². The number of allylic oxidation sites excluding steroid dienone is 3. The topological polar surface area (TPSA) is 115 Å². The van der Waals surface area contributed by atoms with Gasteiger partial charge in [0.25, 0.3) is 5.56 Å². The number of nitrogens with zero attached hydrogens (tertiary/aromatic N) is 5. The highest BCUT2D eigenvalue weighted by Crippen LogP contribution is 2.25. The van der Waals surface area contributed by atoms with Crippen LogP contribution < -0.4 is 20.5 Å². The van der Waals surface area contributed by atoms with E-state index in [1.165, 1.54) is 28.3 Å². The highest BCUT2D eigenvalue weighted by molar-refractivity contribution is 5.87. The molecule has 0 amide bonds. The number of aromatic nitrogens is 4. The number of imidazole rings is 1. The number of rotatable bonds is 4. The van der Waals surface area contributed by atoms with Crippen LogP contribution in [0.5, 0.6) is 6.01 Å². The summed E-state index contributed by atoms with van der Waals surface area (Å²) >= 11 is 0. The van der Waals surface area contributed by atoms with Gasteiger partial charge in [-0.1, -0.05) is 19.8 Å². The number of halogens is 1. The van der Waals surface area contributed by atoms with E-state index in [4.69, 9.17) is 9.84 Å². The SMILES string of the molecule is CC.CC#Cn1c(N2CCNCC2)nc2nc(OC3=CC=C(C(=O)O)CCC3F)n(C)c(=O)c21. The Balaban J connectivity index is 0.00000158. The third-order valence-electron chi connectivity index (χ3n) is 5.37. The molecule has 0 bridgehead atoms. The van der Waals surface area contributed by atoms with Crippen LogP contribution in [0.15, 0.2) is 28.3 Å². The number of carbonyl (C=O) groups is 1. The fourth-order valence-corrected chi connectivity index (χ4v) is 3.64. The molecule has 2 aromatic heterocycles. The number of fused-ring (bicyclic) bond motifs is 1. The van der Waals surface area contributed by atoms with Crippen molar-refractivity contribution < 1.29 is 19.0 Å². The Morgan fingerprint density at radius 3 is 2.62 bits per heavy atom. The zero-order valence-corrected chi connectivity index (χ0v) is 19.8. The second-order valence-electron chi connectivity index (χ2n) is 7.45. The zero-order valence-electron chi connectivity index (χ0n) is 19.8. The molecule has 2 aromatic rings. The molecule has 1 atom stereocenters. The monoisotopic (exact) mass is 472 g/mol. The van der Waals surface area contributed by atoms with Gasteiger partial charge in [0.15, 0.2) is 17.3 Å². The van der Waals surface area contributed by atoms with Crippen LogP contribution in [0.2, 0.25) is 0 Å². The molecule has 1 saturated heterocycles. The van der Waals surface area contributed by atoms with Gasteiger partial charge in [-0.25, -0.2) is 13.8 Å². The summed E-state index contributed by atoms with van der Waals surface area (Å²) in [6.45, 7) is 8.63. The number of anilines is 1. The van der Waals surface area contributed by atoms with Crippen molar-refractivity contribution in [3.05, 3.63) is 33.8 Å². The number of hydrogen-bond acceptors (Lipinski definition) is 7. The van der Waals surface area contributed by atoms with E-state index in [1.54, 1.807) is 6.92 Å². The first-order valence-corrected chi connectivity index (χ1v) is 11.2. The second-order valence-corrected chi connectivity index (χ2v) is 7.45. The van der Waals surface area contributed by atoms with Crippen LogP contribution in [0, 0.1) is 12.0 Å². The number of hydrogen-bond donors (Lipinski definition) is 2. The van der Waals surface area contributed by atoms with Crippen molar-refractivity contribution in [2.75, 3.05) is 31.1 Å². The minimum Gasteiger partial charge on any atom is -0.478 e. The second kappa shape index (κ2) is 11.0. The van der Waals surface area contributed by atoms with Gasteiger partial charge in [0.2, 0.25) is 5.95 Å². The molecular formula is C23H29FN6O4. The van der Waals surface area contributed by atoms with E-state index in [9.17, 15) is 14.0 Å². The molecule has 1 aliphatic heterocycles. The van der Waals surface area contributed by atoms with Crippen molar-refractivity contribution in [2.24, 2.45) is 7.05 Å². The lowest BCUT2D eigenvalue weighted by Crippen LogP contribution is -2.44. The maximum Gasteiger partial charge on any atom is 0.331 e. The number of alkyl halides is 1. The maximum absolute atomic E-state index is 14.6. The standard InChI is InChI=1S/C21H23FN6O4.C2H6/c1-3-10-28-16-17(24-20(28)27-11-8-23-9-12-27)25-21(26(2)18(16)29)32-15-7-5-13(19(30)31)4-6-14(15)22;1-2/h5,7,14,23H,4,6,8-9,11-12H2,1-2H3,(H,30,31);1-2H3. The highest BCUT2D eigenvalue weighted by atomic mass is 19.1. The fourth-order valence-electron chi connectivity index (χ4n) is 3.64. The van der Waals surface area contributed by atoms with Gasteiger partial charge in [-0.3, -0.25) is 9.36 Å². The van der Waals surface area contributed by atoms with Gasteiger partial charge < -0.3 is 20.1 Å². The minimum absolute atomic E-state index is 0.0476. The van der Waals surface area contributed by atoms with Crippen LogP contribution >= 0.6 is 0 Å². The summed E-state index contributed by atoms with van der Waals surface area (Å²) in [7, 11) is 1.47. The fraction of sp³-hybridized carbons (Fsp3) is 0.478. The quantitative estimate of drug-likeness (QED) is 0.648. The molecule has 34 heavy (non-hydrogen) atoms. The van der Waals surface area contributed by atoms with Gasteiger partial charge in [-0.15, -0.1) is 0 Å². The minimum atomic E-state index is -1.53. The molecule has 0 aromatic carbocycles. The molecule has 4 rings (SSSR count). The van der Waals surface area contributed by atoms with E-state index < -0.39 is 17.7 Å². The van der Waals surface area contributed by atoms with E-state index in [1.807, 2.05) is 18.7 Å². The van der Waals surface area contributed by atoms with Crippen molar-refractivity contribution in [2.45, 2.75) is 39.8 Å². The van der Waals surface area contributed by atoms with Gasteiger partial charge in [-0.05, 0) is 31.9 Å². The van der Waals surface area contributed by atoms with E-state index in [0.717, 1.165) is 13.1 Å². The van der Waals surface area contributed by atoms with Gasteiger partial charge in [0, 0.05) is 44.8 Å². The average Bonchev–Trinajstić information content (AvgIpc) is 3.10. The van der Waals surface area contributed by atoms with Crippen LogP contribution in [0.1, 0.15) is 33.6 Å². The smallest absolute Gasteiger partial charge is 0.331 e. The third-order valence-corrected chi connectivity index (χ3v) is 5.37. The van der Waals surface area contributed by atoms with E-state index in [2.05, 4.69) is 27.2 Å². The summed E-state index contributed by atoms with van der Waals surface area (Å²) in [4.78, 5) is 35.3. The average molecular weight is 473 g/mol. The molecule has 182 valence electrons. The number of piperazine rings is 1. The predicted molar refractivity (Wildman–Crippen MR) is 127 cm³/mol. The summed E-state index contributed by atoms with van der Waals surface area (Å²) in [5.41, 5.74) is 0.00217. The van der Waals surface area contributed by atoms with E-state index in [0.29, 0.717) is 19.0 Å². The Kier molecular flexibility index (Phi) is 8.07. The van der Waals surface area contributed by atoms with Gasteiger partial charge in [0.05, 0.1) is 0 Å². The van der Waals surface area contributed by atoms with Gasteiger partial charge in [0.1, 0.15) is 5.76 Å². The molecule has 2 aliphatic rings. The lowest BCUT2D eigenvalue weighted by molar-refractivity contribution is -0.132. The Labute approximate surface area is 196 Å². The Bertz CT molecular complexity index is 1240. The molecule has 0 radical (unpaired) electrons. The molecule has 1 fully saturated rings. The van der Waals surface area contributed by atoms with Crippen molar-refractivity contribution in [1.29, 1.82) is 0 Å². The summed E-state index contributed by atoms with van der Waals surface area (Å²) < 4.78 is 22.9. The maximum atomic E-state index is 14.6. The Morgan fingerprint density at radius 1 is 1.26 bits per heavy atom. The summed E-state index contributed by atoms with van der Waals surface area (Å²) in [6, 6.07) is 2.77. The third kappa shape index (κ3) is 4.97. The normalized spacial score (nSPS) is 18.0. The Morgan fingerprint density at radius 2 is 1.97 bits per heavy atom. The predicted octanol–water partition coefficient (Wildman–Crippen LogP) is 1.80. The summed E-state index contributed by atoms with van der Waals surface area (Å²) in [5, 5.41) is 12.4. The molecule has 0 spiro atoms. The molecule has 0 saturated carbocycles. The first-order chi connectivity index (χ1) is 16.4. The first kappa shape index (κ1) is 25.0. The number of carboxylic acids is 1. The first-order valence-electron chi connectivity index (χ1n) is 11.2. The van der Waals surface area contributed by atoms with E-state index in [-0.39, 0.29) is 41.3 Å². The molecular weight excluding hydrogens is 443 g/mol.